The highest BCUT2D eigenvalue weighted by Gasteiger charge is 2.07. The lowest BCUT2D eigenvalue weighted by Gasteiger charge is -2.10. The van der Waals surface area contributed by atoms with E-state index in [0.29, 0.717) is 11.0 Å². The molecule has 4 heteroatoms. The molecule has 1 rings (SSSR count). The second-order valence-corrected chi connectivity index (χ2v) is 5.42. The number of thioether (sulfide) groups is 1. The molecule has 2 nitrogen and oxygen atoms in total. The summed E-state index contributed by atoms with van der Waals surface area (Å²) in [6.45, 7) is 2.11. The highest BCUT2D eigenvalue weighted by molar-refractivity contribution is 9.10. The van der Waals surface area contributed by atoms with Gasteiger partial charge in [-0.2, -0.15) is 0 Å². The summed E-state index contributed by atoms with van der Waals surface area (Å²) < 4.78 is 1.08. The first kappa shape index (κ1) is 12.6. The normalized spacial score (nSPS) is 12.2. The zero-order chi connectivity index (χ0) is 11.3. The van der Waals surface area contributed by atoms with E-state index in [1.54, 1.807) is 18.8 Å². The van der Waals surface area contributed by atoms with E-state index in [-0.39, 0.29) is 5.91 Å². The summed E-state index contributed by atoms with van der Waals surface area (Å²) in [5, 5.41) is 2.96. The molecule has 0 heterocycles. The third-order valence-electron chi connectivity index (χ3n) is 2.08. The number of amides is 1. The summed E-state index contributed by atoms with van der Waals surface area (Å²) in [7, 11) is 1.66. The predicted molar refractivity (Wildman–Crippen MR) is 69.1 cm³/mol. The molecule has 0 saturated carbocycles. The third-order valence-corrected chi connectivity index (χ3v) is 3.81. The minimum atomic E-state index is 0.0731. The molecule has 0 spiro atoms. The van der Waals surface area contributed by atoms with Gasteiger partial charge in [0.05, 0.1) is 5.75 Å². The maximum absolute atomic E-state index is 11.1. The number of hydrogen-bond acceptors (Lipinski definition) is 2. The van der Waals surface area contributed by atoms with Gasteiger partial charge in [0.2, 0.25) is 5.91 Å². The van der Waals surface area contributed by atoms with Gasteiger partial charge in [0.15, 0.2) is 0 Å². The fourth-order valence-electron chi connectivity index (χ4n) is 1.10. The number of carbonyl (C=O) groups is 1. The van der Waals surface area contributed by atoms with Gasteiger partial charge in [0.25, 0.3) is 0 Å². The Kier molecular flexibility index (Phi) is 5.19. The van der Waals surface area contributed by atoms with Crippen molar-refractivity contribution in [1.82, 2.24) is 5.32 Å². The van der Waals surface area contributed by atoms with E-state index in [4.69, 9.17) is 0 Å². The summed E-state index contributed by atoms with van der Waals surface area (Å²) in [6, 6.07) is 8.19. The quantitative estimate of drug-likeness (QED) is 0.923. The van der Waals surface area contributed by atoms with Crippen LogP contribution in [0.3, 0.4) is 0 Å². The van der Waals surface area contributed by atoms with E-state index < -0.39 is 0 Å². The van der Waals surface area contributed by atoms with Crippen LogP contribution in [0.25, 0.3) is 0 Å². The van der Waals surface area contributed by atoms with Crippen LogP contribution in [0, 0.1) is 0 Å². The van der Waals surface area contributed by atoms with Crippen molar-refractivity contribution in [3.05, 3.63) is 34.3 Å². The molecule has 0 aromatic heterocycles. The van der Waals surface area contributed by atoms with Crippen LogP contribution in [0.15, 0.2) is 28.7 Å². The van der Waals surface area contributed by atoms with Crippen LogP contribution in [0.1, 0.15) is 17.7 Å². The molecule has 0 fully saturated rings. The van der Waals surface area contributed by atoms with Crippen molar-refractivity contribution in [3.8, 4) is 0 Å². The van der Waals surface area contributed by atoms with Gasteiger partial charge in [-0.25, -0.2) is 0 Å². The number of benzene rings is 1. The van der Waals surface area contributed by atoms with Crippen molar-refractivity contribution in [1.29, 1.82) is 0 Å². The zero-order valence-electron chi connectivity index (χ0n) is 8.79. The number of rotatable bonds is 4. The maximum Gasteiger partial charge on any atom is 0.229 e. The largest absolute Gasteiger partial charge is 0.358 e. The standard InChI is InChI=1S/C11H14BrNOS/c1-8(15-7-11(14)13-2)9-3-5-10(12)6-4-9/h3-6,8H,7H2,1-2H3,(H,13,14)/t8-/m0/s1. The Morgan fingerprint density at radius 3 is 2.60 bits per heavy atom. The molecule has 1 aromatic rings. The van der Waals surface area contributed by atoms with E-state index in [9.17, 15) is 4.79 Å². The van der Waals surface area contributed by atoms with Crippen LogP contribution in [-0.2, 0) is 4.79 Å². The monoisotopic (exact) mass is 287 g/mol. The Bertz CT molecular complexity index is 326. The second-order valence-electron chi connectivity index (χ2n) is 3.18. The van der Waals surface area contributed by atoms with Gasteiger partial charge in [0.1, 0.15) is 0 Å². The number of carbonyl (C=O) groups excluding carboxylic acids is 1. The van der Waals surface area contributed by atoms with Crippen molar-refractivity contribution in [2.24, 2.45) is 0 Å². The molecule has 0 aliphatic heterocycles. The Labute approximate surface area is 103 Å². The Morgan fingerprint density at radius 1 is 1.47 bits per heavy atom. The fraction of sp³-hybridized carbons (Fsp3) is 0.364. The summed E-state index contributed by atoms with van der Waals surface area (Å²) in [5.41, 5.74) is 1.24. The van der Waals surface area contributed by atoms with Gasteiger partial charge >= 0.3 is 0 Å². The Hall–Kier alpha value is -0.480. The molecule has 82 valence electrons. The van der Waals surface area contributed by atoms with E-state index >= 15 is 0 Å². The topological polar surface area (TPSA) is 29.1 Å². The lowest BCUT2D eigenvalue weighted by molar-refractivity contribution is -0.118. The lowest BCUT2D eigenvalue weighted by atomic mass is 10.2. The van der Waals surface area contributed by atoms with Crippen molar-refractivity contribution in [2.75, 3.05) is 12.8 Å². The molecule has 0 radical (unpaired) electrons. The smallest absolute Gasteiger partial charge is 0.229 e. The number of hydrogen-bond donors (Lipinski definition) is 1. The van der Waals surface area contributed by atoms with Crippen LogP contribution in [0.4, 0.5) is 0 Å². The number of nitrogens with one attached hydrogen (secondary N) is 1. The molecule has 0 aliphatic rings. The molecule has 15 heavy (non-hydrogen) atoms. The summed E-state index contributed by atoms with van der Waals surface area (Å²) in [4.78, 5) is 11.1. The first-order valence-electron chi connectivity index (χ1n) is 4.71. The fourth-order valence-corrected chi connectivity index (χ4v) is 2.26. The second kappa shape index (κ2) is 6.18. The van der Waals surface area contributed by atoms with E-state index in [0.717, 1.165) is 4.47 Å². The first-order valence-corrected chi connectivity index (χ1v) is 6.55. The van der Waals surface area contributed by atoms with Gasteiger partial charge in [-0.15, -0.1) is 11.8 Å². The average molecular weight is 288 g/mol. The van der Waals surface area contributed by atoms with Gasteiger partial charge in [-0.1, -0.05) is 28.1 Å². The minimum absolute atomic E-state index is 0.0731. The molecule has 1 N–H and O–H groups in total. The summed E-state index contributed by atoms with van der Waals surface area (Å²) >= 11 is 5.04. The maximum atomic E-state index is 11.1. The molecular weight excluding hydrogens is 274 g/mol. The van der Waals surface area contributed by atoms with Gasteiger partial charge in [-0.05, 0) is 24.6 Å². The van der Waals surface area contributed by atoms with Crippen molar-refractivity contribution < 1.29 is 4.79 Å². The molecule has 0 bridgehead atoms. The molecule has 0 unspecified atom stereocenters. The molecule has 0 saturated heterocycles. The van der Waals surface area contributed by atoms with Crippen molar-refractivity contribution in [3.63, 3.8) is 0 Å². The average Bonchev–Trinajstić information content (AvgIpc) is 2.26. The van der Waals surface area contributed by atoms with Crippen molar-refractivity contribution in [2.45, 2.75) is 12.2 Å². The molecule has 1 amide bonds. The molecule has 1 aromatic carbocycles. The van der Waals surface area contributed by atoms with E-state index in [2.05, 4.69) is 40.3 Å². The van der Waals surface area contributed by atoms with Crippen LogP contribution < -0.4 is 5.32 Å². The molecule has 0 aliphatic carbocycles. The van der Waals surface area contributed by atoms with Crippen LogP contribution in [0.5, 0.6) is 0 Å². The first-order chi connectivity index (χ1) is 7.13. The van der Waals surface area contributed by atoms with Crippen LogP contribution >= 0.6 is 27.7 Å². The highest BCUT2D eigenvalue weighted by Crippen LogP contribution is 2.28. The summed E-state index contributed by atoms with van der Waals surface area (Å²) in [6.07, 6.45) is 0. The van der Waals surface area contributed by atoms with E-state index in [1.807, 2.05) is 12.1 Å². The molecule has 1 atom stereocenters. The van der Waals surface area contributed by atoms with Gasteiger partial charge in [-0.3, -0.25) is 4.79 Å². The highest BCUT2D eigenvalue weighted by atomic mass is 79.9. The van der Waals surface area contributed by atoms with E-state index in [1.165, 1.54) is 5.56 Å². The SMILES string of the molecule is CNC(=O)CS[C@@H](C)c1ccc(Br)cc1. The third kappa shape index (κ3) is 4.26. The lowest BCUT2D eigenvalue weighted by Crippen LogP contribution is -2.20. The summed E-state index contributed by atoms with van der Waals surface area (Å²) in [5.74, 6) is 0.581. The minimum Gasteiger partial charge on any atom is -0.358 e. The van der Waals surface area contributed by atoms with Crippen LogP contribution in [-0.4, -0.2) is 18.7 Å². The van der Waals surface area contributed by atoms with Gasteiger partial charge < -0.3 is 5.32 Å². The van der Waals surface area contributed by atoms with Crippen molar-refractivity contribution >= 4 is 33.6 Å². The predicted octanol–water partition coefficient (Wildman–Crippen LogP) is 2.99. The Morgan fingerprint density at radius 2 is 2.07 bits per heavy atom. The molecular formula is C11H14BrNOS. The Balaban J connectivity index is 2.50. The van der Waals surface area contributed by atoms with Gasteiger partial charge in [0, 0.05) is 16.8 Å². The zero-order valence-corrected chi connectivity index (χ0v) is 11.2. The van der Waals surface area contributed by atoms with Crippen LogP contribution in [0.2, 0.25) is 0 Å². The number of halogens is 1.